The smallest absolute Gasteiger partial charge is 0.410 e. The Labute approximate surface area is 204 Å². The number of likely N-dealkylation sites (tertiary alicyclic amines) is 1. The maximum atomic E-state index is 12.9. The van der Waals surface area contributed by atoms with Crippen molar-refractivity contribution in [1.82, 2.24) is 19.8 Å². The summed E-state index contributed by atoms with van der Waals surface area (Å²) in [5, 5.41) is 11.9. The van der Waals surface area contributed by atoms with Crippen LogP contribution in [0.3, 0.4) is 0 Å². The van der Waals surface area contributed by atoms with E-state index in [1.54, 1.807) is 45.4 Å². The molecule has 1 aromatic carbocycles. The number of benzene rings is 1. The van der Waals surface area contributed by atoms with Crippen LogP contribution in [0.1, 0.15) is 44.0 Å². The summed E-state index contributed by atoms with van der Waals surface area (Å²) >= 11 is 0. The minimum Gasteiger partial charge on any atom is -0.469 e. The molecule has 0 radical (unpaired) electrons. The molecule has 35 heavy (non-hydrogen) atoms. The fraction of sp³-hybridized carbons (Fsp3) is 0.480. The van der Waals surface area contributed by atoms with Crippen LogP contribution >= 0.6 is 0 Å². The van der Waals surface area contributed by atoms with Gasteiger partial charge in [0.2, 0.25) is 5.91 Å². The van der Waals surface area contributed by atoms with Gasteiger partial charge in [-0.1, -0.05) is 12.1 Å². The number of nitrogens with zero attached hydrogens (tertiary/aromatic N) is 4. The van der Waals surface area contributed by atoms with Gasteiger partial charge in [0.15, 0.2) is 0 Å². The van der Waals surface area contributed by atoms with Crippen LogP contribution < -0.4 is 5.32 Å². The first-order valence-electron chi connectivity index (χ1n) is 11.4. The topological polar surface area (TPSA) is 127 Å². The molecule has 0 spiro atoms. The van der Waals surface area contributed by atoms with Crippen molar-refractivity contribution in [2.75, 3.05) is 20.2 Å². The summed E-state index contributed by atoms with van der Waals surface area (Å²) in [6.07, 6.45) is 3.20. The van der Waals surface area contributed by atoms with Crippen molar-refractivity contribution in [3.8, 4) is 6.07 Å². The number of esters is 1. The van der Waals surface area contributed by atoms with Crippen molar-refractivity contribution in [1.29, 1.82) is 5.26 Å². The molecular formula is C25H31N5O5. The average molecular weight is 482 g/mol. The Balaban J connectivity index is 1.65. The first-order valence-corrected chi connectivity index (χ1v) is 11.4. The van der Waals surface area contributed by atoms with E-state index in [-0.39, 0.29) is 25.4 Å². The monoisotopic (exact) mass is 481 g/mol. The molecule has 2 amide bonds. The SMILES string of the molecule is COC(=O)C1CC(NC(=O)Cc2cncn2Cc2ccc(C#N)cc2)CN(C(=O)OC(C)(C)C)C1. The minimum atomic E-state index is -0.679. The van der Waals surface area contributed by atoms with E-state index in [9.17, 15) is 14.4 Å². The number of ether oxygens (including phenoxy) is 2. The van der Waals surface area contributed by atoms with Gasteiger partial charge < -0.3 is 24.3 Å². The summed E-state index contributed by atoms with van der Waals surface area (Å²) in [4.78, 5) is 43.3. The number of nitrogens with one attached hydrogen (secondary N) is 1. The number of rotatable bonds is 6. The molecular weight excluding hydrogens is 450 g/mol. The molecule has 1 fully saturated rings. The van der Waals surface area contributed by atoms with E-state index < -0.39 is 29.6 Å². The summed E-state index contributed by atoms with van der Waals surface area (Å²) in [6, 6.07) is 8.88. The van der Waals surface area contributed by atoms with Crippen LogP contribution in [0.5, 0.6) is 0 Å². The second kappa shape index (κ2) is 11.0. The van der Waals surface area contributed by atoms with Crippen molar-refractivity contribution >= 4 is 18.0 Å². The highest BCUT2D eigenvalue weighted by Gasteiger charge is 2.36. The van der Waals surface area contributed by atoms with Gasteiger partial charge in [-0.3, -0.25) is 9.59 Å². The van der Waals surface area contributed by atoms with E-state index in [1.165, 1.54) is 12.0 Å². The van der Waals surface area contributed by atoms with Gasteiger partial charge >= 0.3 is 12.1 Å². The second-order valence-electron chi connectivity index (χ2n) is 9.60. The lowest BCUT2D eigenvalue weighted by molar-refractivity contribution is -0.147. The predicted molar refractivity (Wildman–Crippen MR) is 126 cm³/mol. The zero-order chi connectivity index (χ0) is 25.6. The highest BCUT2D eigenvalue weighted by molar-refractivity contribution is 5.79. The first kappa shape index (κ1) is 25.7. The number of hydrogen-bond donors (Lipinski definition) is 1. The van der Waals surface area contributed by atoms with Crippen LogP contribution in [-0.2, 0) is 32.0 Å². The molecule has 1 aromatic heterocycles. The quantitative estimate of drug-likeness (QED) is 0.627. The van der Waals surface area contributed by atoms with Crippen molar-refractivity contribution < 1.29 is 23.9 Å². The molecule has 1 aliphatic heterocycles. The van der Waals surface area contributed by atoms with Gasteiger partial charge in [-0.2, -0.15) is 5.26 Å². The fourth-order valence-electron chi connectivity index (χ4n) is 3.98. The number of carbonyl (C=O) groups excluding carboxylic acids is 3. The highest BCUT2D eigenvalue weighted by Crippen LogP contribution is 2.21. The third-order valence-corrected chi connectivity index (χ3v) is 5.58. The molecule has 0 saturated carbocycles. The number of methoxy groups -OCH3 is 1. The van der Waals surface area contributed by atoms with Crippen LogP contribution in [0, 0.1) is 17.2 Å². The van der Waals surface area contributed by atoms with Crippen molar-refractivity contribution in [2.45, 2.75) is 51.8 Å². The van der Waals surface area contributed by atoms with Gasteiger partial charge in [0.1, 0.15) is 5.60 Å². The van der Waals surface area contributed by atoms with Crippen LogP contribution in [0.4, 0.5) is 4.79 Å². The number of imidazole rings is 1. The van der Waals surface area contributed by atoms with E-state index >= 15 is 0 Å². The number of amides is 2. The third-order valence-electron chi connectivity index (χ3n) is 5.58. The minimum absolute atomic E-state index is 0.0854. The van der Waals surface area contributed by atoms with Crippen LogP contribution in [0.15, 0.2) is 36.8 Å². The summed E-state index contributed by atoms with van der Waals surface area (Å²) in [6.45, 7) is 6.23. The van der Waals surface area contributed by atoms with E-state index in [4.69, 9.17) is 14.7 Å². The zero-order valence-electron chi connectivity index (χ0n) is 20.5. The summed E-state index contributed by atoms with van der Waals surface area (Å²) in [5.41, 5.74) is 1.60. The Morgan fingerprint density at radius 3 is 2.54 bits per heavy atom. The fourth-order valence-corrected chi connectivity index (χ4v) is 3.98. The molecule has 1 aliphatic rings. The first-order chi connectivity index (χ1) is 16.6. The normalized spacial score (nSPS) is 17.9. The lowest BCUT2D eigenvalue weighted by Gasteiger charge is -2.37. The van der Waals surface area contributed by atoms with Gasteiger partial charge in [0.25, 0.3) is 0 Å². The molecule has 1 N–H and O–H groups in total. The Hall–Kier alpha value is -3.87. The zero-order valence-corrected chi connectivity index (χ0v) is 20.5. The second-order valence-corrected chi connectivity index (χ2v) is 9.60. The van der Waals surface area contributed by atoms with E-state index in [0.717, 1.165) is 11.3 Å². The molecule has 0 aliphatic carbocycles. The highest BCUT2D eigenvalue weighted by atomic mass is 16.6. The standard InChI is InChI=1S/C25H31N5O5/c1-25(2,3)35-24(33)29-14-19(23(32)34-4)9-20(15-29)28-22(31)10-21-12-27-16-30(21)13-18-7-5-17(11-26)6-8-18/h5-8,12,16,19-20H,9-10,13-15H2,1-4H3,(H,28,31). The van der Waals surface area contributed by atoms with Crippen molar-refractivity contribution in [3.63, 3.8) is 0 Å². The summed E-state index contributed by atoms with van der Waals surface area (Å²) < 4.78 is 12.2. The van der Waals surface area contributed by atoms with Crippen molar-refractivity contribution in [3.05, 3.63) is 53.6 Å². The molecule has 0 bridgehead atoms. The molecule has 2 aromatic rings. The average Bonchev–Trinajstić information content (AvgIpc) is 3.23. The maximum Gasteiger partial charge on any atom is 0.410 e. The molecule has 3 rings (SSSR count). The van der Waals surface area contributed by atoms with Crippen LogP contribution in [0.25, 0.3) is 0 Å². The largest absolute Gasteiger partial charge is 0.469 e. The van der Waals surface area contributed by atoms with E-state index in [1.807, 2.05) is 16.7 Å². The van der Waals surface area contributed by atoms with Gasteiger partial charge in [-0.05, 0) is 44.9 Å². The van der Waals surface area contributed by atoms with Crippen LogP contribution in [-0.4, -0.2) is 64.3 Å². The number of aromatic nitrogens is 2. The number of nitriles is 1. The molecule has 2 unspecified atom stereocenters. The number of piperidine rings is 1. The molecule has 186 valence electrons. The number of hydrogen-bond acceptors (Lipinski definition) is 7. The van der Waals surface area contributed by atoms with Gasteiger partial charge in [0.05, 0.1) is 37.4 Å². The molecule has 10 heteroatoms. The van der Waals surface area contributed by atoms with Crippen LogP contribution in [0.2, 0.25) is 0 Å². The van der Waals surface area contributed by atoms with Gasteiger partial charge in [0, 0.05) is 37.6 Å². The lowest BCUT2D eigenvalue weighted by Crippen LogP contribution is -2.55. The van der Waals surface area contributed by atoms with Crippen molar-refractivity contribution in [2.24, 2.45) is 5.92 Å². The predicted octanol–water partition coefficient (Wildman–Crippen LogP) is 2.26. The Morgan fingerprint density at radius 2 is 1.91 bits per heavy atom. The van der Waals surface area contributed by atoms with E-state index in [2.05, 4.69) is 16.4 Å². The molecule has 2 atom stereocenters. The van der Waals surface area contributed by atoms with Gasteiger partial charge in [-0.15, -0.1) is 0 Å². The van der Waals surface area contributed by atoms with Gasteiger partial charge in [-0.25, -0.2) is 9.78 Å². The Bertz CT molecular complexity index is 1100. The molecule has 10 nitrogen and oxygen atoms in total. The lowest BCUT2D eigenvalue weighted by atomic mass is 9.94. The Morgan fingerprint density at radius 1 is 1.20 bits per heavy atom. The Kier molecular flexibility index (Phi) is 8.12. The maximum absolute atomic E-state index is 12.9. The third kappa shape index (κ3) is 7.30. The number of carbonyl (C=O) groups is 3. The summed E-state index contributed by atoms with van der Waals surface area (Å²) in [5.74, 6) is -1.24. The molecule has 1 saturated heterocycles. The van der Waals surface area contributed by atoms with E-state index in [0.29, 0.717) is 18.5 Å². The molecule has 2 heterocycles. The summed E-state index contributed by atoms with van der Waals surface area (Å²) in [7, 11) is 1.30.